The number of pyridine rings is 1. The Morgan fingerprint density at radius 1 is 1.16 bits per heavy atom. The number of amides is 1. The summed E-state index contributed by atoms with van der Waals surface area (Å²) < 4.78 is 2.08. The van der Waals surface area contributed by atoms with E-state index in [1.165, 1.54) is 11.3 Å². The molecule has 158 valence electrons. The van der Waals surface area contributed by atoms with Crippen LogP contribution in [0.15, 0.2) is 36.2 Å². The molecule has 4 aromatic rings. The van der Waals surface area contributed by atoms with Crippen LogP contribution in [0.5, 0.6) is 0 Å². The first-order valence-electron chi connectivity index (χ1n) is 10.2. The number of carbonyl (C=O) groups is 1. The Hall–Kier alpha value is -3.40. The van der Waals surface area contributed by atoms with Gasteiger partial charge in [0.2, 0.25) is 5.91 Å². The molecule has 10 heteroatoms. The fraction of sp³-hybridized carbons (Fsp3) is 0.333. The SMILES string of the molecule is Cc1csc(NC(=O)[C@H]2CC[C@@H](n3cnc4c(N)nc(-c5ccncc5)nc43)CC2)n1. The van der Waals surface area contributed by atoms with Crippen molar-refractivity contribution in [2.75, 3.05) is 11.1 Å². The summed E-state index contributed by atoms with van der Waals surface area (Å²) in [5.41, 5.74) is 9.28. The van der Waals surface area contributed by atoms with Crippen molar-refractivity contribution in [1.82, 2.24) is 29.5 Å². The minimum absolute atomic E-state index is 0.0117. The number of aromatic nitrogens is 6. The molecule has 3 N–H and O–H groups in total. The number of hydrogen-bond acceptors (Lipinski definition) is 8. The molecule has 0 bridgehead atoms. The second-order valence-electron chi connectivity index (χ2n) is 7.78. The number of imidazole rings is 1. The third-order valence-electron chi connectivity index (χ3n) is 5.70. The van der Waals surface area contributed by atoms with Crippen molar-refractivity contribution in [2.45, 2.75) is 38.6 Å². The van der Waals surface area contributed by atoms with Gasteiger partial charge < -0.3 is 15.6 Å². The summed E-state index contributed by atoms with van der Waals surface area (Å²) in [4.78, 5) is 34.6. The third kappa shape index (κ3) is 3.86. The lowest BCUT2D eigenvalue weighted by atomic mass is 9.85. The maximum Gasteiger partial charge on any atom is 0.229 e. The minimum atomic E-state index is -0.0117. The lowest BCUT2D eigenvalue weighted by molar-refractivity contribution is -0.120. The lowest BCUT2D eigenvalue weighted by Crippen LogP contribution is -2.28. The number of nitrogens with zero attached hydrogens (tertiary/aromatic N) is 6. The maximum absolute atomic E-state index is 12.6. The summed E-state index contributed by atoms with van der Waals surface area (Å²) in [7, 11) is 0. The van der Waals surface area contributed by atoms with Crippen LogP contribution >= 0.6 is 11.3 Å². The van der Waals surface area contributed by atoms with Crippen molar-refractivity contribution in [2.24, 2.45) is 5.92 Å². The van der Waals surface area contributed by atoms with Gasteiger partial charge in [-0.3, -0.25) is 9.78 Å². The topological polar surface area (TPSA) is 124 Å². The molecular formula is C21H22N8OS. The van der Waals surface area contributed by atoms with Crippen LogP contribution in [0.3, 0.4) is 0 Å². The molecule has 4 heterocycles. The fourth-order valence-corrected chi connectivity index (χ4v) is 4.76. The quantitative estimate of drug-likeness (QED) is 0.503. The first kappa shape index (κ1) is 19.6. The maximum atomic E-state index is 12.6. The monoisotopic (exact) mass is 434 g/mol. The third-order valence-corrected chi connectivity index (χ3v) is 6.57. The van der Waals surface area contributed by atoms with Crippen molar-refractivity contribution < 1.29 is 4.79 Å². The molecular weight excluding hydrogens is 412 g/mol. The number of thiazole rings is 1. The van der Waals surface area contributed by atoms with Gasteiger partial charge >= 0.3 is 0 Å². The highest BCUT2D eigenvalue weighted by molar-refractivity contribution is 7.13. The molecule has 0 aromatic carbocycles. The molecule has 0 spiro atoms. The van der Waals surface area contributed by atoms with Gasteiger partial charge in [0.05, 0.1) is 12.0 Å². The van der Waals surface area contributed by atoms with E-state index in [9.17, 15) is 4.79 Å². The first-order chi connectivity index (χ1) is 15.1. The molecule has 1 saturated carbocycles. The van der Waals surface area contributed by atoms with Crippen molar-refractivity contribution in [3.05, 3.63) is 41.9 Å². The fourth-order valence-electron chi connectivity index (χ4n) is 4.07. The summed E-state index contributed by atoms with van der Waals surface area (Å²) in [5, 5.41) is 5.55. The average Bonchev–Trinajstić information content (AvgIpc) is 3.40. The Labute approximate surface area is 182 Å². The Morgan fingerprint density at radius 2 is 1.94 bits per heavy atom. The van der Waals surface area contributed by atoms with Gasteiger partial charge in [0, 0.05) is 35.3 Å². The van der Waals surface area contributed by atoms with E-state index in [2.05, 4.69) is 29.8 Å². The molecule has 0 unspecified atom stereocenters. The van der Waals surface area contributed by atoms with Crippen molar-refractivity contribution in [3.8, 4) is 11.4 Å². The van der Waals surface area contributed by atoms with E-state index in [-0.39, 0.29) is 17.9 Å². The number of rotatable bonds is 4. The molecule has 4 aromatic heterocycles. The van der Waals surface area contributed by atoms with Crippen molar-refractivity contribution in [3.63, 3.8) is 0 Å². The van der Waals surface area contributed by atoms with Crippen LogP contribution < -0.4 is 11.1 Å². The van der Waals surface area contributed by atoms with Gasteiger partial charge in [-0.25, -0.2) is 19.9 Å². The van der Waals surface area contributed by atoms with Gasteiger partial charge in [-0.2, -0.15) is 0 Å². The Balaban J connectivity index is 1.34. The van der Waals surface area contributed by atoms with Crippen LogP contribution in [0.4, 0.5) is 10.9 Å². The normalized spacial score (nSPS) is 18.9. The largest absolute Gasteiger partial charge is 0.382 e. The van der Waals surface area contributed by atoms with Crippen LogP contribution in [0.25, 0.3) is 22.6 Å². The zero-order valence-corrected chi connectivity index (χ0v) is 17.8. The van der Waals surface area contributed by atoms with E-state index >= 15 is 0 Å². The second kappa shape index (κ2) is 8.03. The highest BCUT2D eigenvalue weighted by Crippen LogP contribution is 2.35. The molecule has 1 aliphatic carbocycles. The molecule has 0 saturated heterocycles. The number of nitrogens with one attached hydrogen (secondary N) is 1. The number of carbonyl (C=O) groups excluding carboxylic acids is 1. The molecule has 9 nitrogen and oxygen atoms in total. The Bertz CT molecular complexity index is 1230. The van der Waals surface area contributed by atoms with E-state index in [0.717, 1.165) is 42.6 Å². The second-order valence-corrected chi connectivity index (χ2v) is 8.64. The van der Waals surface area contributed by atoms with Gasteiger partial charge in [0.1, 0.15) is 5.52 Å². The molecule has 1 aliphatic rings. The smallest absolute Gasteiger partial charge is 0.229 e. The standard InChI is InChI=1S/C21H22N8OS/c1-12-10-31-21(25-12)28-20(30)14-2-4-15(5-3-14)29-11-24-16-17(22)26-18(27-19(16)29)13-6-8-23-9-7-13/h6-11,14-15H,2-5H2,1H3,(H2,22,26,27)(H,25,28,30)/t14-,15+. The van der Waals surface area contributed by atoms with Crippen LogP contribution in [0.2, 0.25) is 0 Å². The van der Waals surface area contributed by atoms with Crippen LogP contribution in [0.1, 0.15) is 37.4 Å². The number of nitrogens with two attached hydrogens (primary N) is 1. The van der Waals surface area contributed by atoms with E-state index < -0.39 is 0 Å². The molecule has 0 radical (unpaired) electrons. The summed E-state index contributed by atoms with van der Waals surface area (Å²) in [6.07, 6.45) is 8.54. The summed E-state index contributed by atoms with van der Waals surface area (Å²) in [6, 6.07) is 3.93. The van der Waals surface area contributed by atoms with Gasteiger partial charge in [0.25, 0.3) is 0 Å². The van der Waals surface area contributed by atoms with Gasteiger partial charge in [-0.05, 0) is 44.7 Å². The molecule has 31 heavy (non-hydrogen) atoms. The van der Waals surface area contributed by atoms with E-state index in [0.29, 0.717) is 22.3 Å². The van der Waals surface area contributed by atoms with Crippen molar-refractivity contribution >= 4 is 39.4 Å². The summed E-state index contributed by atoms with van der Waals surface area (Å²) in [5.74, 6) is 0.959. The predicted octanol–water partition coefficient (Wildman–Crippen LogP) is 3.61. The number of anilines is 2. The van der Waals surface area contributed by atoms with E-state index in [4.69, 9.17) is 10.7 Å². The zero-order valence-electron chi connectivity index (χ0n) is 17.0. The van der Waals surface area contributed by atoms with Crippen LogP contribution in [0, 0.1) is 12.8 Å². The Morgan fingerprint density at radius 3 is 2.65 bits per heavy atom. The van der Waals surface area contributed by atoms with Crippen LogP contribution in [-0.4, -0.2) is 35.4 Å². The molecule has 0 atom stereocenters. The average molecular weight is 435 g/mol. The zero-order chi connectivity index (χ0) is 21.4. The van der Waals surface area contributed by atoms with Gasteiger partial charge in [0.15, 0.2) is 22.4 Å². The van der Waals surface area contributed by atoms with E-state index in [1.807, 2.05) is 24.4 Å². The number of aryl methyl sites for hydroxylation is 1. The van der Waals surface area contributed by atoms with Crippen molar-refractivity contribution in [1.29, 1.82) is 0 Å². The highest BCUT2D eigenvalue weighted by Gasteiger charge is 2.29. The number of nitrogen functional groups attached to an aromatic ring is 1. The molecule has 5 rings (SSSR count). The number of fused-ring (bicyclic) bond motifs is 1. The lowest BCUT2D eigenvalue weighted by Gasteiger charge is -2.28. The van der Waals surface area contributed by atoms with Crippen LogP contribution in [-0.2, 0) is 4.79 Å². The Kier molecular flexibility index (Phi) is 5.06. The molecule has 1 amide bonds. The minimum Gasteiger partial charge on any atom is -0.382 e. The predicted molar refractivity (Wildman–Crippen MR) is 119 cm³/mol. The summed E-state index contributed by atoms with van der Waals surface area (Å²) >= 11 is 1.46. The molecule has 1 fully saturated rings. The van der Waals surface area contributed by atoms with Gasteiger partial charge in [-0.15, -0.1) is 11.3 Å². The summed E-state index contributed by atoms with van der Waals surface area (Å²) in [6.45, 7) is 1.92. The number of hydrogen-bond donors (Lipinski definition) is 2. The van der Waals surface area contributed by atoms with E-state index in [1.54, 1.807) is 18.7 Å². The molecule has 0 aliphatic heterocycles. The first-order valence-corrected chi connectivity index (χ1v) is 11.1. The highest BCUT2D eigenvalue weighted by atomic mass is 32.1. The van der Waals surface area contributed by atoms with Gasteiger partial charge in [-0.1, -0.05) is 0 Å².